The van der Waals surface area contributed by atoms with E-state index in [-0.39, 0.29) is 19.1 Å². The fourth-order valence-electron chi connectivity index (χ4n) is 1.39. The predicted molar refractivity (Wildman–Crippen MR) is 106 cm³/mol. The van der Waals surface area contributed by atoms with Gasteiger partial charge in [0.15, 0.2) is 0 Å². The van der Waals surface area contributed by atoms with E-state index < -0.39 is 24.7 Å². The molecule has 10 heteroatoms. The maximum atomic E-state index is 11.5. The largest absolute Gasteiger partial charge is 0.444 e. The van der Waals surface area contributed by atoms with Crippen LogP contribution in [0, 0.1) is 13.8 Å². The lowest BCUT2D eigenvalue weighted by molar-refractivity contribution is 0.0522. The Kier molecular flexibility index (Phi) is 7.89. The number of rotatable bonds is 4. The molecule has 28 heavy (non-hydrogen) atoms. The molecule has 1 N–H and O–H groups in total. The van der Waals surface area contributed by atoms with Gasteiger partial charge in [-0.15, -0.1) is 0 Å². The van der Waals surface area contributed by atoms with E-state index in [0.717, 1.165) is 11.1 Å². The minimum atomic E-state index is -2.18. The van der Waals surface area contributed by atoms with Crippen LogP contribution < -0.4 is 5.32 Å². The number of hydrogen-bond acceptors (Lipinski definition) is 7. The third-order valence-electron chi connectivity index (χ3n) is 2.43. The van der Waals surface area contributed by atoms with Gasteiger partial charge in [-0.05, 0) is 51.3 Å². The zero-order chi connectivity index (χ0) is 23.9. The Balaban J connectivity index is 0.000000611. The normalized spacial score (nSPS) is 12.9. The molecular formula is C18H28N8O2. The summed E-state index contributed by atoms with van der Waals surface area (Å²) >= 11 is 0. The van der Waals surface area contributed by atoms with Gasteiger partial charge < -0.3 is 10.1 Å². The maximum absolute atomic E-state index is 11.5. The van der Waals surface area contributed by atoms with E-state index in [1.54, 1.807) is 34.6 Å². The molecule has 10 nitrogen and oxygen atoms in total. The van der Waals surface area contributed by atoms with Crippen LogP contribution in [0.3, 0.4) is 0 Å². The minimum Gasteiger partial charge on any atom is -0.444 e. The van der Waals surface area contributed by atoms with Gasteiger partial charge in [-0.2, -0.15) is 0 Å². The van der Waals surface area contributed by atoms with Gasteiger partial charge in [0.2, 0.25) is 0 Å². The highest BCUT2D eigenvalue weighted by molar-refractivity contribution is 5.67. The van der Waals surface area contributed by atoms with Crippen LogP contribution in [0.15, 0.2) is 29.9 Å². The number of carbonyl (C=O) groups is 1. The van der Waals surface area contributed by atoms with E-state index in [4.69, 9.17) is 15.8 Å². The molecule has 0 spiro atoms. The summed E-state index contributed by atoms with van der Waals surface area (Å²) in [5, 5.41) is 5.04. The van der Waals surface area contributed by atoms with Gasteiger partial charge in [0.05, 0.1) is 15.7 Å². The average molecular weight is 393 g/mol. The molecule has 2 aromatic heterocycles. The minimum absolute atomic E-state index is 0. The van der Waals surface area contributed by atoms with Crippen molar-refractivity contribution in [3.05, 3.63) is 58.0 Å². The molecule has 1 amide bonds. The lowest BCUT2D eigenvalue weighted by atomic mass is 10.2. The van der Waals surface area contributed by atoms with Crippen molar-refractivity contribution in [3.63, 3.8) is 0 Å². The first-order chi connectivity index (χ1) is 14.2. The fourth-order valence-corrected chi connectivity index (χ4v) is 1.39. The van der Waals surface area contributed by atoms with E-state index >= 15 is 0 Å². The second-order valence-corrected chi connectivity index (χ2v) is 6.22. The summed E-state index contributed by atoms with van der Waals surface area (Å²) in [5.41, 5.74) is 9.03. The second-order valence-electron chi connectivity index (χ2n) is 6.22. The van der Waals surface area contributed by atoms with Gasteiger partial charge in [-0.25, -0.2) is 24.7 Å². The third kappa shape index (κ3) is 11.4. The lowest BCUT2D eigenvalue weighted by Crippen LogP contribution is -2.32. The molecule has 2 heterocycles. The van der Waals surface area contributed by atoms with E-state index in [2.05, 4.69) is 35.3 Å². The van der Waals surface area contributed by atoms with Crippen LogP contribution in [-0.4, -0.2) is 31.6 Å². The molecule has 0 bridgehead atoms. The topological polar surface area (TPSA) is 139 Å². The van der Waals surface area contributed by atoms with Crippen molar-refractivity contribution in [1.29, 1.82) is 0 Å². The molecule has 0 saturated carbocycles. The van der Waals surface area contributed by atoms with E-state index in [9.17, 15) is 4.79 Å². The number of hydrogen-bond donors (Lipinski definition) is 1. The molecule has 0 fully saturated rings. The van der Waals surface area contributed by atoms with Crippen molar-refractivity contribution in [3.8, 4) is 0 Å². The Bertz CT molecular complexity index is 925. The predicted octanol–water partition coefficient (Wildman–Crippen LogP) is 4.04. The SMILES string of the molecule is C.[2H]C([2H])(N=[N+]=[N-])c1ncc(C)cn1.[2H]C([2H])(NC(=O)OC(C)(C)C)c1ncc(C)cn1. The highest BCUT2D eigenvalue weighted by Crippen LogP contribution is 2.06. The summed E-state index contributed by atoms with van der Waals surface area (Å²) in [6, 6.07) is 0. The first-order valence-electron chi connectivity index (χ1n) is 9.82. The molecule has 2 rings (SSSR count). The van der Waals surface area contributed by atoms with Crippen LogP contribution in [0.5, 0.6) is 0 Å². The number of nitrogens with zero attached hydrogens (tertiary/aromatic N) is 7. The number of azide groups is 1. The zero-order valence-electron chi connectivity index (χ0n) is 19.8. The van der Waals surface area contributed by atoms with Crippen LogP contribution >= 0.6 is 0 Å². The molecule has 152 valence electrons. The van der Waals surface area contributed by atoms with Gasteiger partial charge in [0.25, 0.3) is 0 Å². The molecule has 0 radical (unpaired) electrons. The van der Waals surface area contributed by atoms with Gasteiger partial charge in [-0.1, -0.05) is 12.5 Å². The van der Waals surface area contributed by atoms with Crippen molar-refractivity contribution >= 4 is 6.09 Å². The summed E-state index contributed by atoms with van der Waals surface area (Å²) in [6.45, 7) is 4.33. The molecule has 0 aliphatic heterocycles. The Labute approximate surface area is 171 Å². The van der Waals surface area contributed by atoms with Crippen LogP contribution in [0.2, 0.25) is 0 Å². The van der Waals surface area contributed by atoms with Crippen molar-refractivity contribution in [2.75, 3.05) is 0 Å². The van der Waals surface area contributed by atoms with E-state index in [0.29, 0.717) is 0 Å². The van der Waals surface area contributed by atoms with Crippen molar-refractivity contribution < 1.29 is 15.0 Å². The molecule has 0 aromatic carbocycles. The van der Waals surface area contributed by atoms with Crippen molar-refractivity contribution in [2.24, 2.45) is 5.11 Å². The number of aromatic nitrogens is 4. The van der Waals surface area contributed by atoms with Crippen molar-refractivity contribution in [1.82, 2.24) is 25.3 Å². The quantitative estimate of drug-likeness (QED) is 0.473. The summed E-state index contributed by atoms with van der Waals surface area (Å²) in [5.74, 6) is -0.241. The molecule has 0 unspecified atom stereocenters. The molecule has 0 saturated heterocycles. The van der Waals surface area contributed by atoms with Gasteiger partial charge >= 0.3 is 6.09 Å². The van der Waals surface area contributed by atoms with E-state index in [1.807, 2.05) is 0 Å². The molecule has 0 aliphatic rings. The third-order valence-corrected chi connectivity index (χ3v) is 2.43. The Morgan fingerprint density at radius 3 is 2.04 bits per heavy atom. The monoisotopic (exact) mass is 392 g/mol. The van der Waals surface area contributed by atoms with Crippen LogP contribution in [0.25, 0.3) is 10.4 Å². The van der Waals surface area contributed by atoms with Crippen molar-refractivity contribution in [2.45, 2.75) is 60.6 Å². The van der Waals surface area contributed by atoms with Crippen LogP contribution in [0.4, 0.5) is 4.79 Å². The summed E-state index contributed by atoms with van der Waals surface area (Å²) in [4.78, 5) is 29.0. The summed E-state index contributed by atoms with van der Waals surface area (Å²) in [7, 11) is 0. The first-order valence-corrected chi connectivity index (χ1v) is 7.82. The Hall–Kier alpha value is -3.26. The lowest BCUT2D eigenvalue weighted by Gasteiger charge is -2.19. The van der Waals surface area contributed by atoms with Crippen LogP contribution in [-0.2, 0) is 17.7 Å². The number of nitrogens with one attached hydrogen (secondary N) is 1. The van der Waals surface area contributed by atoms with Gasteiger partial charge in [0, 0.05) is 32.4 Å². The molecular weight excluding hydrogens is 360 g/mol. The smallest absolute Gasteiger partial charge is 0.408 e. The number of amides is 1. The molecule has 0 aliphatic carbocycles. The molecule has 0 atom stereocenters. The van der Waals surface area contributed by atoms with Gasteiger partial charge in [0.1, 0.15) is 17.2 Å². The fraction of sp³-hybridized carbons (Fsp3) is 0.500. The highest BCUT2D eigenvalue weighted by Gasteiger charge is 2.15. The highest BCUT2D eigenvalue weighted by atomic mass is 16.6. The zero-order valence-corrected chi connectivity index (χ0v) is 15.8. The summed E-state index contributed by atoms with van der Waals surface area (Å²) < 4.78 is 34.9. The standard InChI is InChI=1S/C11H17N3O2.C6H7N5.CH4/c1-8-5-12-9(13-6-8)7-14-10(15)16-11(2,3)4;1-5-2-8-6(9-3-5)4-10-11-7;/h5-6H,7H2,1-4H3,(H,14,15);2-3H,4H2,1H3;1H4/i7D2;4D2;. The number of ether oxygens (including phenoxy) is 1. The second kappa shape index (κ2) is 12.2. The maximum Gasteiger partial charge on any atom is 0.408 e. The molecule has 2 aromatic rings. The first kappa shape index (κ1) is 18.1. The van der Waals surface area contributed by atoms with Crippen LogP contribution in [0.1, 0.15) is 56.5 Å². The summed E-state index contributed by atoms with van der Waals surface area (Å²) in [6.07, 6.45) is 5.05. The number of carbonyl (C=O) groups excluding carboxylic acids is 1. The number of aryl methyl sites for hydroxylation is 2. The number of alkyl carbamates (subject to hydrolysis) is 1. The Morgan fingerprint density at radius 1 is 1.14 bits per heavy atom. The van der Waals surface area contributed by atoms with Gasteiger partial charge in [-0.3, -0.25) is 0 Å². The van der Waals surface area contributed by atoms with E-state index in [1.165, 1.54) is 24.8 Å². The Morgan fingerprint density at radius 2 is 1.61 bits per heavy atom. The average Bonchev–Trinajstić information content (AvgIpc) is 2.61.